The van der Waals surface area contributed by atoms with Gasteiger partial charge in [0.05, 0.1) is 12.2 Å². The Labute approximate surface area is 127 Å². The number of rotatable bonds is 5. The van der Waals surface area contributed by atoms with Crippen molar-refractivity contribution in [1.29, 1.82) is 0 Å². The topological polar surface area (TPSA) is 31.4 Å². The highest BCUT2D eigenvalue weighted by atomic mass is 32.1. The fourth-order valence-corrected chi connectivity index (χ4v) is 3.38. The maximum absolute atomic E-state index is 4.77. The normalized spacial score (nSPS) is 17.9. The van der Waals surface area contributed by atoms with E-state index >= 15 is 0 Å². The maximum atomic E-state index is 4.77. The number of nitrogens with one attached hydrogen (secondary N) is 1. The first-order valence-electron chi connectivity index (χ1n) is 7.51. The van der Waals surface area contributed by atoms with E-state index < -0.39 is 0 Å². The van der Waals surface area contributed by atoms with Gasteiger partial charge in [0.25, 0.3) is 0 Å². The summed E-state index contributed by atoms with van der Waals surface area (Å²) in [6, 6.07) is 0. The van der Waals surface area contributed by atoms with Gasteiger partial charge in [0.15, 0.2) is 0 Å². The molecule has 1 aromatic heterocycles. The lowest BCUT2D eigenvalue weighted by molar-refractivity contribution is 0.202. The minimum absolute atomic E-state index is 0.161. The smallest absolute Gasteiger partial charge is 0.107 e. The van der Waals surface area contributed by atoms with Gasteiger partial charge in [0.1, 0.15) is 5.01 Å². The number of aromatic nitrogens is 1. The van der Waals surface area contributed by atoms with Crippen molar-refractivity contribution >= 4 is 11.3 Å². The standard InChI is InChI=1S/C15H28N4S/c1-15(2,3)13-12-20-14(17-13)11-18(4)9-10-19-7-5-16-6-8-19/h12,16H,5-11H2,1-4H3. The van der Waals surface area contributed by atoms with Gasteiger partial charge < -0.3 is 5.32 Å². The Morgan fingerprint density at radius 1 is 1.35 bits per heavy atom. The van der Waals surface area contributed by atoms with Gasteiger partial charge >= 0.3 is 0 Å². The van der Waals surface area contributed by atoms with E-state index in [1.54, 1.807) is 11.3 Å². The van der Waals surface area contributed by atoms with Gasteiger partial charge in [-0.3, -0.25) is 9.80 Å². The summed E-state index contributed by atoms with van der Waals surface area (Å²) >= 11 is 1.79. The van der Waals surface area contributed by atoms with Gasteiger partial charge in [0.2, 0.25) is 0 Å². The van der Waals surface area contributed by atoms with Gasteiger partial charge in [-0.1, -0.05) is 20.8 Å². The molecule has 0 radical (unpaired) electrons. The predicted molar refractivity (Wildman–Crippen MR) is 86.5 cm³/mol. The largest absolute Gasteiger partial charge is 0.314 e. The summed E-state index contributed by atoms with van der Waals surface area (Å²) in [5.74, 6) is 0. The zero-order valence-corrected chi connectivity index (χ0v) is 14.1. The summed E-state index contributed by atoms with van der Waals surface area (Å²) in [5, 5.41) is 6.84. The average Bonchev–Trinajstić information content (AvgIpc) is 2.86. The summed E-state index contributed by atoms with van der Waals surface area (Å²) in [7, 11) is 2.19. The molecule has 5 heteroatoms. The van der Waals surface area contributed by atoms with Gasteiger partial charge in [0, 0.05) is 50.1 Å². The predicted octanol–water partition coefficient (Wildman–Crippen LogP) is 1.78. The van der Waals surface area contributed by atoms with Crippen LogP contribution < -0.4 is 5.32 Å². The van der Waals surface area contributed by atoms with Crippen LogP contribution in [0.25, 0.3) is 0 Å². The van der Waals surface area contributed by atoms with Crippen molar-refractivity contribution < 1.29 is 0 Å². The van der Waals surface area contributed by atoms with Gasteiger partial charge in [-0.15, -0.1) is 11.3 Å². The van der Waals surface area contributed by atoms with Crippen molar-refractivity contribution in [2.75, 3.05) is 46.3 Å². The fourth-order valence-electron chi connectivity index (χ4n) is 2.28. The molecule has 1 fully saturated rings. The van der Waals surface area contributed by atoms with Gasteiger partial charge in [-0.25, -0.2) is 4.98 Å². The van der Waals surface area contributed by atoms with Crippen LogP contribution >= 0.6 is 11.3 Å². The molecule has 0 unspecified atom stereocenters. The molecule has 114 valence electrons. The molecular formula is C15H28N4S. The zero-order valence-electron chi connectivity index (χ0n) is 13.3. The van der Waals surface area contributed by atoms with Crippen molar-refractivity contribution in [3.63, 3.8) is 0 Å². The molecule has 1 aliphatic rings. The van der Waals surface area contributed by atoms with E-state index in [0.29, 0.717) is 0 Å². The third-order valence-electron chi connectivity index (χ3n) is 3.73. The lowest BCUT2D eigenvalue weighted by atomic mass is 9.93. The van der Waals surface area contributed by atoms with E-state index in [4.69, 9.17) is 4.98 Å². The van der Waals surface area contributed by atoms with Crippen molar-refractivity contribution in [3.8, 4) is 0 Å². The molecular weight excluding hydrogens is 268 g/mol. The minimum atomic E-state index is 0.161. The van der Waals surface area contributed by atoms with Crippen LogP contribution in [0.5, 0.6) is 0 Å². The molecule has 0 saturated carbocycles. The zero-order chi connectivity index (χ0) is 14.6. The lowest BCUT2D eigenvalue weighted by Crippen LogP contribution is -2.45. The van der Waals surface area contributed by atoms with Crippen LogP contribution in [0.15, 0.2) is 5.38 Å². The van der Waals surface area contributed by atoms with E-state index in [-0.39, 0.29) is 5.41 Å². The number of likely N-dealkylation sites (N-methyl/N-ethyl adjacent to an activating group) is 1. The van der Waals surface area contributed by atoms with E-state index in [9.17, 15) is 0 Å². The van der Waals surface area contributed by atoms with E-state index in [2.05, 4.69) is 48.3 Å². The number of hydrogen-bond donors (Lipinski definition) is 1. The van der Waals surface area contributed by atoms with Crippen LogP contribution in [0.3, 0.4) is 0 Å². The number of hydrogen-bond acceptors (Lipinski definition) is 5. The second-order valence-corrected chi connectivity index (χ2v) is 7.65. The molecule has 1 saturated heterocycles. The summed E-state index contributed by atoms with van der Waals surface area (Å²) in [4.78, 5) is 9.69. The highest BCUT2D eigenvalue weighted by molar-refractivity contribution is 7.09. The Morgan fingerprint density at radius 2 is 2.05 bits per heavy atom. The Balaban J connectivity index is 1.76. The van der Waals surface area contributed by atoms with Crippen molar-refractivity contribution in [2.24, 2.45) is 0 Å². The van der Waals surface area contributed by atoms with Crippen molar-refractivity contribution in [2.45, 2.75) is 32.7 Å². The monoisotopic (exact) mass is 296 g/mol. The summed E-state index contributed by atoms with van der Waals surface area (Å²) in [6.07, 6.45) is 0. The third-order valence-corrected chi connectivity index (χ3v) is 4.57. The first-order valence-corrected chi connectivity index (χ1v) is 8.39. The lowest BCUT2D eigenvalue weighted by Gasteiger charge is -2.28. The Bertz CT molecular complexity index is 404. The molecule has 0 atom stereocenters. The number of thiazole rings is 1. The average molecular weight is 296 g/mol. The highest BCUT2D eigenvalue weighted by Crippen LogP contribution is 2.24. The quantitative estimate of drug-likeness (QED) is 0.897. The molecule has 1 aliphatic heterocycles. The minimum Gasteiger partial charge on any atom is -0.314 e. The molecule has 20 heavy (non-hydrogen) atoms. The molecule has 1 N–H and O–H groups in total. The maximum Gasteiger partial charge on any atom is 0.107 e. The second kappa shape index (κ2) is 6.98. The SMILES string of the molecule is CN(CCN1CCNCC1)Cc1nc(C(C)(C)C)cs1. The summed E-state index contributed by atoms with van der Waals surface area (Å²) < 4.78 is 0. The van der Waals surface area contributed by atoms with Crippen LogP contribution in [0, 0.1) is 0 Å². The van der Waals surface area contributed by atoms with Crippen molar-refractivity contribution in [3.05, 3.63) is 16.1 Å². The van der Waals surface area contributed by atoms with Crippen LogP contribution in [0.1, 0.15) is 31.5 Å². The van der Waals surface area contributed by atoms with Gasteiger partial charge in [-0.05, 0) is 7.05 Å². The molecule has 0 bridgehead atoms. The second-order valence-electron chi connectivity index (χ2n) is 6.71. The molecule has 0 amide bonds. The molecule has 2 heterocycles. The van der Waals surface area contributed by atoms with Crippen LogP contribution in [0.4, 0.5) is 0 Å². The van der Waals surface area contributed by atoms with Gasteiger partial charge in [-0.2, -0.15) is 0 Å². The van der Waals surface area contributed by atoms with Crippen LogP contribution in [0.2, 0.25) is 0 Å². The first-order chi connectivity index (χ1) is 9.45. The fraction of sp³-hybridized carbons (Fsp3) is 0.800. The van der Waals surface area contributed by atoms with E-state index in [1.807, 2.05) is 0 Å². The molecule has 0 aromatic carbocycles. The number of piperazine rings is 1. The molecule has 1 aromatic rings. The Morgan fingerprint density at radius 3 is 2.65 bits per heavy atom. The molecule has 0 aliphatic carbocycles. The van der Waals surface area contributed by atoms with Crippen molar-refractivity contribution in [1.82, 2.24) is 20.1 Å². The Kier molecular flexibility index (Phi) is 5.55. The highest BCUT2D eigenvalue weighted by Gasteiger charge is 2.18. The Hall–Kier alpha value is -0.490. The first kappa shape index (κ1) is 15.9. The third kappa shape index (κ3) is 4.81. The molecule has 4 nitrogen and oxygen atoms in total. The molecule has 0 spiro atoms. The van der Waals surface area contributed by atoms with E-state index in [1.165, 1.54) is 23.8 Å². The summed E-state index contributed by atoms with van der Waals surface area (Å²) in [6.45, 7) is 14.5. The van der Waals surface area contributed by atoms with E-state index in [0.717, 1.165) is 32.7 Å². The summed E-state index contributed by atoms with van der Waals surface area (Å²) in [5.41, 5.74) is 1.38. The molecule has 2 rings (SSSR count). The van der Waals surface area contributed by atoms with Crippen LogP contribution in [-0.2, 0) is 12.0 Å². The number of nitrogens with zero attached hydrogens (tertiary/aromatic N) is 3. The van der Waals surface area contributed by atoms with Crippen LogP contribution in [-0.4, -0.2) is 61.1 Å².